The fourth-order valence-electron chi connectivity index (χ4n) is 2.81. The smallest absolute Gasteiger partial charge is 0.251 e. The number of anilines is 1. The van der Waals surface area contributed by atoms with Crippen LogP contribution in [0.5, 0.6) is 5.75 Å². The molecule has 0 saturated carbocycles. The first-order valence-corrected chi connectivity index (χ1v) is 9.87. The summed E-state index contributed by atoms with van der Waals surface area (Å²) >= 11 is 1.35. The monoisotopic (exact) mass is 414 g/mol. The Hall–Kier alpha value is -3.20. The molecular formula is C20H22N4O4S. The van der Waals surface area contributed by atoms with Crippen LogP contribution in [-0.2, 0) is 11.2 Å². The summed E-state index contributed by atoms with van der Waals surface area (Å²) in [6.45, 7) is 3.70. The molecule has 152 valence electrons. The average Bonchev–Trinajstić information content (AvgIpc) is 3.26. The van der Waals surface area contributed by atoms with Gasteiger partial charge in [-0.2, -0.15) is 4.98 Å². The summed E-state index contributed by atoms with van der Waals surface area (Å²) < 4.78 is 10.4. The van der Waals surface area contributed by atoms with Crippen molar-refractivity contribution < 1.29 is 18.8 Å². The van der Waals surface area contributed by atoms with Crippen LogP contribution >= 0.6 is 11.3 Å². The van der Waals surface area contributed by atoms with Crippen molar-refractivity contribution in [1.82, 2.24) is 10.1 Å². The molecule has 2 heterocycles. The van der Waals surface area contributed by atoms with Crippen molar-refractivity contribution in [2.24, 2.45) is 5.73 Å². The number of amides is 2. The molecule has 3 N–H and O–H groups in total. The zero-order chi connectivity index (χ0) is 21.0. The third kappa shape index (κ3) is 4.80. The van der Waals surface area contributed by atoms with Gasteiger partial charge in [0.1, 0.15) is 10.8 Å². The minimum atomic E-state index is -0.543. The minimum Gasteiger partial charge on any atom is -0.497 e. The van der Waals surface area contributed by atoms with Gasteiger partial charge in [-0.1, -0.05) is 5.16 Å². The second-order valence-electron chi connectivity index (χ2n) is 6.49. The molecule has 3 rings (SSSR count). The Morgan fingerprint density at radius 2 is 1.97 bits per heavy atom. The number of nitrogens with two attached hydrogens (primary N) is 1. The van der Waals surface area contributed by atoms with Gasteiger partial charge in [0.05, 0.1) is 12.7 Å². The number of nitrogens with one attached hydrogen (secondary N) is 1. The van der Waals surface area contributed by atoms with Crippen LogP contribution < -0.4 is 15.8 Å². The third-order valence-electron chi connectivity index (χ3n) is 4.50. The predicted molar refractivity (Wildman–Crippen MR) is 110 cm³/mol. The number of methoxy groups -OCH3 is 1. The SMILES string of the molecule is COc1ccc(-c2noc(CCCC(=O)Nc3sc(C)c(C)c3C(N)=O)n2)cc1. The summed E-state index contributed by atoms with van der Waals surface area (Å²) in [6.07, 6.45) is 1.27. The lowest BCUT2D eigenvalue weighted by atomic mass is 10.1. The number of primary amides is 1. The summed E-state index contributed by atoms with van der Waals surface area (Å²) in [4.78, 5) is 29.2. The van der Waals surface area contributed by atoms with E-state index in [0.29, 0.717) is 35.1 Å². The fourth-order valence-corrected chi connectivity index (χ4v) is 3.90. The number of carbonyl (C=O) groups is 2. The summed E-state index contributed by atoms with van der Waals surface area (Å²) in [5.41, 5.74) is 7.43. The van der Waals surface area contributed by atoms with Gasteiger partial charge in [0.15, 0.2) is 0 Å². The zero-order valence-corrected chi connectivity index (χ0v) is 17.3. The van der Waals surface area contributed by atoms with Gasteiger partial charge in [-0.3, -0.25) is 9.59 Å². The Balaban J connectivity index is 1.54. The van der Waals surface area contributed by atoms with Gasteiger partial charge in [-0.05, 0) is 50.1 Å². The van der Waals surface area contributed by atoms with Gasteiger partial charge >= 0.3 is 0 Å². The molecule has 9 heteroatoms. The molecule has 0 bridgehead atoms. The number of benzene rings is 1. The van der Waals surface area contributed by atoms with E-state index in [9.17, 15) is 9.59 Å². The van der Waals surface area contributed by atoms with Gasteiger partial charge in [-0.15, -0.1) is 11.3 Å². The van der Waals surface area contributed by atoms with Gasteiger partial charge in [0.2, 0.25) is 17.6 Å². The lowest BCUT2D eigenvalue weighted by molar-refractivity contribution is -0.116. The van der Waals surface area contributed by atoms with Crippen molar-refractivity contribution in [3.05, 3.63) is 46.2 Å². The molecule has 0 fully saturated rings. The number of carbonyl (C=O) groups excluding carboxylic acids is 2. The lowest BCUT2D eigenvalue weighted by Crippen LogP contribution is -2.17. The molecule has 0 saturated heterocycles. The van der Waals surface area contributed by atoms with Crippen molar-refractivity contribution in [3.63, 3.8) is 0 Å². The summed E-state index contributed by atoms with van der Waals surface area (Å²) in [7, 11) is 1.60. The topological polar surface area (TPSA) is 120 Å². The number of rotatable bonds is 8. The molecule has 0 atom stereocenters. The van der Waals surface area contributed by atoms with E-state index in [1.54, 1.807) is 7.11 Å². The number of thiophene rings is 1. The molecular weight excluding hydrogens is 392 g/mol. The summed E-state index contributed by atoms with van der Waals surface area (Å²) in [5.74, 6) is 0.966. The molecule has 0 unspecified atom stereocenters. The van der Waals surface area contributed by atoms with E-state index in [1.165, 1.54) is 11.3 Å². The first-order valence-electron chi connectivity index (χ1n) is 9.05. The van der Waals surface area contributed by atoms with Crippen LogP contribution in [0.1, 0.15) is 39.5 Å². The average molecular weight is 414 g/mol. The lowest BCUT2D eigenvalue weighted by Gasteiger charge is -2.04. The number of nitrogens with zero attached hydrogens (tertiary/aromatic N) is 2. The molecule has 2 amide bonds. The Labute approximate surface area is 172 Å². The fraction of sp³-hybridized carbons (Fsp3) is 0.300. The number of ether oxygens (including phenoxy) is 1. The van der Waals surface area contributed by atoms with Gasteiger partial charge < -0.3 is 20.3 Å². The van der Waals surface area contributed by atoms with E-state index in [4.69, 9.17) is 15.0 Å². The molecule has 0 aliphatic carbocycles. The molecule has 0 radical (unpaired) electrons. The Morgan fingerprint density at radius 3 is 2.62 bits per heavy atom. The number of aromatic nitrogens is 2. The van der Waals surface area contributed by atoms with Crippen molar-refractivity contribution >= 4 is 28.2 Å². The molecule has 1 aromatic carbocycles. The van der Waals surface area contributed by atoms with Gasteiger partial charge in [0.25, 0.3) is 5.91 Å². The Morgan fingerprint density at radius 1 is 1.24 bits per heavy atom. The number of hydrogen-bond donors (Lipinski definition) is 2. The quantitative estimate of drug-likeness (QED) is 0.582. The van der Waals surface area contributed by atoms with E-state index < -0.39 is 5.91 Å². The molecule has 8 nitrogen and oxygen atoms in total. The summed E-state index contributed by atoms with van der Waals surface area (Å²) in [5, 5.41) is 7.25. The highest BCUT2D eigenvalue weighted by Crippen LogP contribution is 2.32. The number of hydrogen-bond acceptors (Lipinski definition) is 7. The molecule has 0 aliphatic rings. The first kappa shape index (κ1) is 20.5. The van der Waals surface area contributed by atoms with Crippen LogP contribution in [0.2, 0.25) is 0 Å². The van der Waals surface area contributed by atoms with Crippen LogP contribution in [0, 0.1) is 13.8 Å². The maximum absolute atomic E-state index is 12.3. The highest BCUT2D eigenvalue weighted by atomic mass is 32.1. The van der Waals surface area contributed by atoms with Crippen LogP contribution in [0.15, 0.2) is 28.8 Å². The Bertz CT molecular complexity index is 1020. The highest BCUT2D eigenvalue weighted by molar-refractivity contribution is 7.16. The van der Waals surface area contributed by atoms with Crippen LogP contribution in [0.3, 0.4) is 0 Å². The van der Waals surface area contributed by atoms with Gasteiger partial charge in [0, 0.05) is 23.3 Å². The summed E-state index contributed by atoms with van der Waals surface area (Å²) in [6, 6.07) is 7.35. The molecule has 3 aromatic rings. The van der Waals surface area contributed by atoms with Crippen molar-refractivity contribution in [2.75, 3.05) is 12.4 Å². The van der Waals surface area contributed by atoms with E-state index >= 15 is 0 Å². The maximum Gasteiger partial charge on any atom is 0.251 e. The number of aryl methyl sites for hydroxylation is 2. The largest absolute Gasteiger partial charge is 0.497 e. The predicted octanol–water partition coefficient (Wildman–Crippen LogP) is 3.48. The van der Waals surface area contributed by atoms with Crippen LogP contribution in [0.25, 0.3) is 11.4 Å². The van der Waals surface area contributed by atoms with E-state index in [2.05, 4.69) is 15.5 Å². The van der Waals surface area contributed by atoms with Crippen molar-refractivity contribution in [2.45, 2.75) is 33.1 Å². The third-order valence-corrected chi connectivity index (χ3v) is 5.62. The normalized spacial score (nSPS) is 10.7. The first-order chi connectivity index (χ1) is 13.9. The standard InChI is InChI=1S/C20H22N4O4S/c1-11-12(2)29-20(17(11)18(21)26)22-15(25)5-4-6-16-23-19(24-28-16)13-7-9-14(27-3)10-8-13/h7-10H,4-6H2,1-3H3,(H2,21,26)(H,22,25). The van der Waals surface area contributed by atoms with Crippen LogP contribution in [-0.4, -0.2) is 29.1 Å². The van der Waals surface area contributed by atoms with E-state index in [0.717, 1.165) is 21.8 Å². The molecule has 29 heavy (non-hydrogen) atoms. The zero-order valence-electron chi connectivity index (χ0n) is 16.4. The van der Waals surface area contributed by atoms with Crippen LogP contribution in [0.4, 0.5) is 5.00 Å². The van der Waals surface area contributed by atoms with E-state index in [-0.39, 0.29) is 12.3 Å². The Kier molecular flexibility index (Phi) is 6.28. The molecule has 0 aliphatic heterocycles. The maximum atomic E-state index is 12.3. The van der Waals surface area contributed by atoms with Crippen molar-refractivity contribution in [3.8, 4) is 17.1 Å². The second-order valence-corrected chi connectivity index (χ2v) is 7.72. The van der Waals surface area contributed by atoms with E-state index in [1.807, 2.05) is 38.1 Å². The molecule has 0 spiro atoms. The highest BCUT2D eigenvalue weighted by Gasteiger charge is 2.19. The van der Waals surface area contributed by atoms with Crippen molar-refractivity contribution in [1.29, 1.82) is 0 Å². The minimum absolute atomic E-state index is 0.191. The second kappa shape index (κ2) is 8.87. The molecule has 2 aromatic heterocycles. The van der Waals surface area contributed by atoms with Gasteiger partial charge in [-0.25, -0.2) is 0 Å².